The van der Waals surface area contributed by atoms with Crippen molar-refractivity contribution in [2.75, 3.05) is 20.1 Å². The molecule has 1 aliphatic heterocycles. The van der Waals surface area contributed by atoms with Crippen LogP contribution in [0, 0.1) is 5.92 Å². The first kappa shape index (κ1) is 19.2. The van der Waals surface area contributed by atoms with Crippen LogP contribution in [0.3, 0.4) is 0 Å². The lowest BCUT2D eigenvalue weighted by atomic mass is 9.96. The summed E-state index contributed by atoms with van der Waals surface area (Å²) in [6, 6.07) is 15.7. The predicted molar refractivity (Wildman–Crippen MR) is 107 cm³/mol. The van der Waals surface area contributed by atoms with Gasteiger partial charge in [-0.1, -0.05) is 59.6 Å². The van der Waals surface area contributed by atoms with E-state index in [9.17, 15) is 4.79 Å². The van der Waals surface area contributed by atoms with Crippen LogP contribution in [0.25, 0.3) is 0 Å². The van der Waals surface area contributed by atoms with Crippen LogP contribution in [0.15, 0.2) is 48.5 Å². The van der Waals surface area contributed by atoms with E-state index in [-0.39, 0.29) is 11.8 Å². The Labute approximate surface area is 165 Å². The van der Waals surface area contributed by atoms with E-state index in [4.69, 9.17) is 23.2 Å². The first-order chi connectivity index (χ1) is 12.5. The van der Waals surface area contributed by atoms with Gasteiger partial charge in [-0.25, -0.2) is 0 Å². The Balaban J connectivity index is 1.61. The van der Waals surface area contributed by atoms with E-state index in [0.29, 0.717) is 23.1 Å². The van der Waals surface area contributed by atoms with Crippen molar-refractivity contribution in [1.82, 2.24) is 9.80 Å². The van der Waals surface area contributed by atoms with Gasteiger partial charge >= 0.3 is 0 Å². The minimum Gasteiger partial charge on any atom is -0.341 e. The van der Waals surface area contributed by atoms with E-state index in [0.717, 1.165) is 37.1 Å². The van der Waals surface area contributed by atoms with Gasteiger partial charge in [0.1, 0.15) is 0 Å². The zero-order valence-corrected chi connectivity index (χ0v) is 16.5. The fourth-order valence-electron chi connectivity index (χ4n) is 3.55. The summed E-state index contributed by atoms with van der Waals surface area (Å²) in [7, 11) is 1.89. The number of hydrogen-bond donors (Lipinski definition) is 0. The molecule has 2 aromatic rings. The second-order valence-electron chi connectivity index (χ2n) is 6.95. The maximum atomic E-state index is 12.9. The Kier molecular flexibility index (Phi) is 6.58. The van der Waals surface area contributed by atoms with Crippen LogP contribution in [0.2, 0.25) is 10.0 Å². The summed E-state index contributed by atoms with van der Waals surface area (Å²) < 4.78 is 0. The van der Waals surface area contributed by atoms with Gasteiger partial charge in [0.25, 0.3) is 0 Å². The predicted octanol–water partition coefficient (Wildman–Crippen LogP) is 4.86. The summed E-state index contributed by atoms with van der Waals surface area (Å²) >= 11 is 12.6. The van der Waals surface area contributed by atoms with E-state index < -0.39 is 0 Å². The highest BCUT2D eigenvalue weighted by molar-refractivity contribution is 6.35. The van der Waals surface area contributed by atoms with E-state index in [2.05, 4.69) is 17.0 Å². The number of carbonyl (C=O) groups is 1. The molecule has 1 aliphatic rings. The standard InChI is InChI=1S/C21H24Cl2N2O/c1-24(13-16-7-3-2-4-8-16)21(26)17-9-6-12-25(14-17)15-18-19(22)10-5-11-20(18)23/h2-5,7-8,10-11,17H,6,9,12-15H2,1H3. The Hall–Kier alpha value is -1.55. The maximum Gasteiger partial charge on any atom is 0.227 e. The van der Waals surface area contributed by atoms with Crippen LogP contribution in [-0.2, 0) is 17.9 Å². The van der Waals surface area contributed by atoms with Crippen LogP contribution >= 0.6 is 23.2 Å². The lowest BCUT2D eigenvalue weighted by Crippen LogP contribution is -2.43. The molecule has 3 rings (SSSR count). The first-order valence-corrected chi connectivity index (χ1v) is 9.74. The molecular formula is C21H24Cl2N2O. The Morgan fingerprint density at radius 3 is 2.50 bits per heavy atom. The Bertz CT molecular complexity index is 731. The number of nitrogens with zero attached hydrogens (tertiary/aromatic N) is 2. The molecule has 1 fully saturated rings. The van der Waals surface area contributed by atoms with Gasteiger partial charge in [-0.3, -0.25) is 9.69 Å². The van der Waals surface area contributed by atoms with Crippen molar-refractivity contribution in [3.63, 3.8) is 0 Å². The van der Waals surface area contributed by atoms with Crippen molar-refractivity contribution in [3.8, 4) is 0 Å². The molecule has 1 heterocycles. The summed E-state index contributed by atoms with van der Waals surface area (Å²) in [5.74, 6) is 0.238. The number of halogens is 2. The molecule has 3 nitrogen and oxygen atoms in total. The third-order valence-corrected chi connectivity index (χ3v) is 5.65. The highest BCUT2D eigenvalue weighted by atomic mass is 35.5. The molecule has 0 spiro atoms. The number of hydrogen-bond acceptors (Lipinski definition) is 2. The van der Waals surface area contributed by atoms with Gasteiger partial charge in [0.2, 0.25) is 5.91 Å². The SMILES string of the molecule is CN(Cc1ccccc1)C(=O)C1CCCN(Cc2c(Cl)cccc2Cl)C1. The van der Waals surface area contributed by atoms with Gasteiger partial charge < -0.3 is 4.90 Å². The molecule has 0 N–H and O–H groups in total. The number of likely N-dealkylation sites (tertiary alicyclic amines) is 1. The smallest absolute Gasteiger partial charge is 0.227 e. The monoisotopic (exact) mass is 390 g/mol. The van der Waals surface area contributed by atoms with Crippen LogP contribution < -0.4 is 0 Å². The molecule has 26 heavy (non-hydrogen) atoms. The van der Waals surface area contributed by atoms with E-state index in [1.54, 1.807) is 0 Å². The molecular weight excluding hydrogens is 367 g/mol. The molecule has 5 heteroatoms. The summed E-state index contributed by atoms with van der Waals surface area (Å²) in [5, 5.41) is 1.37. The van der Waals surface area contributed by atoms with Crippen molar-refractivity contribution >= 4 is 29.1 Å². The summed E-state index contributed by atoms with van der Waals surface area (Å²) in [4.78, 5) is 17.0. The van der Waals surface area contributed by atoms with Crippen LogP contribution in [0.5, 0.6) is 0 Å². The fraction of sp³-hybridized carbons (Fsp3) is 0.381. The largest absolute Gasteiger partial charge is 0.341 e. The lowest BCUT2D eigenvalue weighted by molar-refractivity contribution is -0.136. The third kappa shape index (κ3) is 4.79. The van der Waals surface area contributed by atoms with E-state index in [1.807, 2.05) is 48.3 Å². The Morgan fingerprint density at radius 2 is 1.81 bits per heavy atom. The normalized spacial score (nSPS) is 17.9. The second kappa shape index (κ2) is 8.90. The summed E-state index contributed by atoms with van der Waals surface area (Å²) in [6.07, 6.45) is 1.95. The van der Waals surface area contributed by atoms with Crippen molar-refractivity contribution in [1.29, 1.82) is 0 Å². The minimum absolute atomic E-state index is 0.0266. The molecule has 0 radical (unpaired) electrons. The maximum absolute atomic E-state index is 12.9. The lowest BCUT2D eigenvalue weighted by Gasteiger charge is -2.34. The second-order valence-corrected chi connectivity index (χ2v) is 7.77. The molecule has 0 aliphatic carbocycles. The number of piperidine rings is 1. The van der Waals surface area contributed by atoms with Gasteiger partial charge in [0, 0.05) is 42.3 Å². The summed E-state index contributed by atoms with van der Waals surface area (Å²) in [6.45, 7) is 3.05. The van der Waals surface area contributed by atoms with Gasteiger partial charge in [0.15, 0.2) is 0 Å². The molecule has 1 atom stereocenters. The summed E-state index contributed by atoms with van der Waals surface area (Å²) in [5.41, 5.74) is 2.10. The molecule has 0 bridgehead atoms. The Morgan fingerprint density at radius 1 is 1.12 bits per heavy atom. The zero-order chi connectivity index (χ0) is 18.5. The molecule has 1 saturated heterocycles. The molecule has 2 aromatic carbocycles. The van der Waals surface area contributed by atoms with Gasteiger partial charge in [-0.2, -0.15) is 0 Å². The highest BCUT2D eigenvalue weighted by Crippen LogP contribution is 2.28. The average Bonchev–Trinajstić information content (AvgIpc) is 2.65. The van der Waals surface area contributed by atoms with Crippen LogP contribution in [-0.4, -0.2) is 35.8 Å². The number of rotatable bonds is 5. The average molecular weight is 391 g/mol. The molecule has 1 amide bonds. The van der Waals surface area contributed by atoms with Crippen molar-refractivity contribution in [2.24, 2.45) is 5.92 Å². The zero-order valence-electron chi connectivity index (χ0n) is 15.0. The van der Waals surface area contributed by atoms with Gasteiger partial charge in [-0.15, -0.1) is 0 Å². The minimum atomic E-state index is 0.0266. The highest BCUT2D eigenvalue weighted by Gasteiger charge is 2.28. The topological polar surface area (TPSA) is 23.6 Å². The molecule has 0 aromatic heterocycles. The third-order valence-electron chi connectivity index (χ3n) is 4.94. The number of benzene rings is 2. The molecule has 138 valence electrons. The quantitative estimate of drug-likeness (QED) is 0.727. The number of carbonyl (C=O) groups excluding carboxylic acids is 1. The first-order valence-electron chi connectivity index (χ1n) is 8.98. The van der Waals surface area contributed by atoms with Gasteiger partial charge in [0.05, 0.1) is 5.92 Å². The van der Waals surface area contributed by atoms with Crippen molar-refractivity contribution in [3.05, 3.63) is 69.7 Å². The van der Waals surface area contributed by atoms with Crippen molar-refractivity contribution < 1.29 is 4.79 Å². The molecule has 0 saturated carbocycles. The van der Waals surface area contributed by atoms with Crippen LogP contribution in [0.1, 0.15) is 24.0 Å². The fourth-order valence-corrected chi connectivity index (χ4v) is 4.07. The van der Waals surface area contributed by atoms with Crippen molar-refractivity contribution in [2.45, 2.75) is 25.9 Å². The van der Waals surface area contributed by atoms with E-state index in [1.165, 1.54) is 0 Å². The van der Waals surface area contributed by atoms with Gasteiger partial charge in [-0.05, 0) is 37.1 Å². The number of amides is 1. The van der Waals surface area contributed by atoms with E-state index >= 15 is 0 Å². The van der Waals surface area contributed by atoms with Crippen LogP contribution in [0.4, 0.5) is 0 Å². The molecule has 1 unspecified atom stereocenters.